The Morgan fingerprint density at radius 3 is 2.87 bits per heavy atom. The van der Waals surface area contributed by atoms with Gasteiger partial charge in [0.15, 0.2) is 11.5 Å². The van der Waals surface area contributed by atoms with Crippen LogP contribution in [-0.2, 0) is 9.53 Å². The van der Waals surface area contributed by atoms with E-state index in [2.05, 4.69) is 0 Å². The first kappa shape index (κ1) is 15.6. The molecule has 0 aromatic heterocycles. The predicted octanol–water partition coefficient (Wildman–Crippen LogP) is 2.22. The lowest BCUT2D eigenvalue weighted by molar-refractivity contribution is -0.157. The number of hydrogen-bond acceptors (Lipinski definition) is 5. The normalized spacial score (nSPS) is 22.8. The minimum absolute atomic E-state index is 0.0986. The maximum absolute atomic E-state index is 12.7. The molecule has 0 bridgehead atoms. The van der Waals surface area contributed by atoms with E-state index in [9.17, 15) is 9.59 Å². The third-order valence-electron chi connectivity index (χ3n) is 4.37. The van der Waals surface area contributed by atoms with Crippen LogP contribution >= 0.6 is 0 Å². The minimum atomic E-state index is -0.639. The minimum Gasteiger partial charge on any atom is -0.466 e. The fourth-order valence-electron chi connectivity index (χ4n) is 3.10. The molecule has 3 rings (SSSR count). The average Bonchev–Trinajstić information content (AvgIpc) is 3.02. The van der Waals surface area contributed by atoms with Crippen LogP contribution in [0.25, 0.3) is 0 Å². The number of ether oxygens (including phenoxy) is 3. The molecule has 2 aliphatic rings. The summed E-state index contributed by atoms with van der Waals surface area (Å²) < 4.78 is 15.7. The van der Waals surface area contributed by atoms with Gasteiger partial charge in [0.25, 0.3) is 5.91 Å². The summed E-state index contributed by atoms with van der Waals surface area (Å²) in [5.41, 5.74) is -0.0948. The molecule has 23 heavy (non-hydrogen) atoms. The zero-order chi connectivity index (χ0) is 16.4. The van der Waals surface area contributed by atoms with Gasteiger partial charge < -0.3 is 19.1 Å². The van der Waals surface area contributed by atoms with Crippen LogP contribution < -0.4 is 9.47 Å². The number of amides is 1. The van der Waals surface area contributed by atoms with Gasteiger partial charge in [-0.3, -0.25) is 9.59 Å². The number of fused-ring (bicyclic) bond motifs is 1. The summed E-state index contributed by atoms with van der Waals surface area (Å²) in [7, 11) is 0. The fraction of sp³-hybridized carbons (Fsp3) is 0.529. The van der Waals surface area contributed by atoms with Crippen LogP contribution in [0.5, 0.6) is 11.5 Å². The van der Waals surface area contributed by atoms with Crippen LogP contribution in [0.2, 0.25) is 0 Å². The molecule has 6 nitrogen and oxygen atoms in total. The van der Waals surface area contributed by atoms with Crippen molar-refractivity contribution in [3.05, 3.63) is 23.8 Å². The largest absolute Gasteiger partial charge is 0.466 e. The zero-order valence-corrected chi connectivity index (χ0v) is 13.5. The molecular formula is C17H21NO5. The maximum atomic E-state index is 12.7. The summed E-state index contributed by atoms with van der Waals surface area (Å²) in [6.45, 7) is 5.20. The van der Waals surface area contributed by atoms with Crippen molar-refractivity contribution < 1.29 is 23.8 Å². The van der Waals surface area contributed by atoms with Gasteiger partial charge in [-0.2, -0.15) is 0 Å². The van der Waals surface area contributed by atoms with Gasteiger partial charge in [0.1, 0.15) is 0 Å². The highest BCUT2D eigenvalue weighted by atomic mass is 16.7. The molecule has 1 aromatic carbocycles. The van der Waals surface area contributed by atoms with E-state index in [-0.39, 0.29) is 18.7 Å². The second kappa shape index (κ2) is 6.10. The molecule has 2 heterocycles. The highest BCUT2D eigenvalue weighted by molar-refractivity contribution is 5.95. The highest BCUT2D eigenvalue weighted by Gasteiger charge is 2.40. The van der Waals surface area contributed by atoms with E-state index in [1.807, 2.05) is 6.92 Å². The highest BCUT2D eigenvalue weighted by Crippen LogP contribution is 2.35. The lowest BCUT2D eigenvalue weighted by Gasteiger charge is -2.38. The Kier molecular flexibility index (Phi) is 4.15. The lowest BCUT2D eigenvalue weighted by Crippen LogP contribution is -2.49. The average molecular weight is 319 g/mol. The Bertz CT molecular complexity index is 629. The molecule has 6 heteroatoms. The van der Waals surface area contributed by atoms with Gasteiger partial charge in [-0.25, -0.2) is 0 Å². The zero-order valence-electron chi connectivity index (χ0n) is 13.5. The van der Waals surface area contributed by atoms with E-state index in [4.69, 9.17) is 14.2 Å². The summed E-state index contributed by atoms with van der Waals surface area (Å²) in [5, 5.41) is 0. The molecule has 1 atom stereocenters. The molecule has 0 radical (unpaired) electrons. The Hall–Kier alpha value is -2.24. The van der Waals surface area contributed by atoms with Crippen LogP contribution in [0.15, 0.2) is 18.2 Å². The van der Waals surface area contributed by atoms with E-state index < -0.39 is 5.41 Å². The summed E-state index contributed by atoms with van der Waals surface area (Å²) >= 11 is 0. The van der Waals surface area contributed by atoms with Crippen LogP contribution in [0.1, 0.15) is 37.0 Å². The van der Waals surface area contributed by atoms with Crippen LogP contribution in [0, 0.1) is 5.41 Å². The van der Waals surface area contributed by atoms with Crippen LogP contribution in [-0.4, -0.2) is 43.3 Å². The van der Waals surface area contributed by atoms with Crippen molar-refractivity contribution >= 4 is 11.9 Å². The maximum Gasteiger partial charge on any atom is 0.313 e. The molecule has 1 amide bonds. The van der Waals surface area contributed by atoms with E-state index >= 15 is 0 Å². The molecule has 0 spiro atoms. The van der Waals surface area contributed by atoms with Crippen molar-refractivity contribution in [2.45, 2.75) is 26.7 Å². The third kappa shape index (κ3) is 2.98. The molecule has 124 valence electrons. The number of carbonyl (C=O) groups excluding carboxylic acids is 2. The SMILES string of the molecule is CCOC(=O)C1(C)CCCN(C(=O)c2ccc3c(c2)OCO3)C1. The third-order valence-corrected chi connectivity index (χ3v) is 4.37. The molecule has 0 aliphatic carbocycles. The monoisotopic (exact) mass is 319 g/mol. The molecule has 1 fully saturated rings. The molecule has 1 unspecified atom stereocenters. The Morgan fingerprint density at radius 1 is 1.30 bits per heavy atom. The first-order valence-electron chi connectivity index (χ1n) is 7.89. The van der Waals surface area contributed by atoms with E-state index in [0.29, 0.717) is 36.8 Å². The quantitative estimate of drug-likeness (QED) is 0.799. The Morgan fingerprint density at radius 2 is 2.09 bits per heavy atom. The fourth-order valence-corrected chi connectivity index (χ4v) is 3.10. The molecule has 0 N–H and O–H groups in total. The van der Waals surface area contributed by atoms with Crippen molar-refractivity contribution in [1.29, 1.82) is 0 Å². The van der Waals surface area contributed by atoms with Gasteiger partial charge in [0.05, 0.1) is 12.0 Å². The number of rotatable bonds is 3. The first-order chi connectivity index (χ1) is 11.0. The van der Waals surface area contributed by atoms with E-state index in [1.54, 1.807) is 30.0 Å². The number of carbonyl (C=O) groups is 2. The topological polar surface area (TPSA) is 65.1 Å². The standard InChI is InChI=1S/C17H21NO5/c1-3-21-16(20)17(2)7-4-8-18(10-17)15(19)12-5-6-13-14(9-12)23-11-22-13/h5-6,9H,3-4,7-8,10-11H2,1-2H3. The van der Waals surface area contributed by atoms with E-state index in [1.165, 1.54) is 0 Å². The van der Waals surface area contributed by atoms with Crippen molar-refractivity contribution in [2.24, 2.45) is 5.41 Å². The number of hydrogen-bond donors (Lipinski definition) is 0. The van der Waals surface area contributed by atoms with Crippen molar-refractivity contribution in [2.75, 3.05) is 26.5 Å². The second-order valence-electron chi connectivity index (χ2n) is 6.18. The van der Waals surface area contributed by atoms with Crippen LogP contribution in [0.4, 0.5) is 0 Å². The summed E-state index contributed by atoms with van der Waals surface area (Å²) in [6, 6.07) is 5.16. The molecule has 2 aliphatic heterocycles. The van der Waals surface area contributed by atoms with Gasteiger partial charge in [-0.05, 0) is 44.9 Å². The van der Waals surface area contributed by atoms with Crippen LogP contribution in [0.3, 0.4) is 0 Å². The van der Waals surface area contributed by atoms with Gasteiger partial charge in [0, 0.05) is 18.7 Å². The Balaban J connectivity index is 1.76. The Labute approximate surface area is 135 Å². The van der Waals surface area contributed by atoms with Gasteiger partial charge >= 0.3 is 5.97 Å². The molecular weight excluding hydrogens is 298 g/mol. The van der Waals surface area contributed by atoms with Gasteiger partial charge in [-0.15, -0.1) is 0 Å². The number of nitrogens with zero attached hydrogens (tertiary/aromatic N) is 1. The number of esters is 1. The molecule has 1 aromatic rings. The number of likely N-dealkylation sites (tertiary alicyclic amines) is 1. The number of benzene rings is 1. The molecule has 0 saturated carbocycles. The lowest BCUT2D eigenvalue weighted by atomic mass is 9.81. The van der Waals surface area contributed by atoms with Crippen molar-refractivity contribution in [1.82, 2.24) is 4.90 Å². The van der Waals surface area contributed by atoms with E-state index in [0.717, 1.165) is 12.8 Å². The van der Waals surface area contributed by atoms with Crippen molar-refractivity contribution in [3.63, 3.8) is 0 Å². The van der Waals surface area contributed by atoms with Crippen molar-refractivity contribution in [3.8, 4) is 11.5 Å². The first-order valence-corrected chi connectivity index (χ1v) is 7.89. The number of piperidine rings is 1. The van der Waals surface area contributed by atoms with Gasteiger partial charge in [0.2, 0.25) is 6.79 Å². The summed E-state index contributed by atoms with van der Waals surface area (Å²) in [5.74, 6) is 0.902. The summed E-state index contributed by atoms with van der Waals surface area (Å²) in [4.78, 5) is 26.6. The summed E-state index contributed by atoms with van der Waals surface area (Å²) in [6.07, 6.45) is 1.52. The van der Waals surface area contributed by atoms with Gasteiger partial charge in [-0.1, -0.05) is 0 Å². The second-order valence-corrected chi connectivity index (χ2v) is 6.18. The predicted molar refractivity (Wildman–Crippen MR) is 82.4 cm³/mol. The molecule has 1 saturated heterocycles. The smallest absolute Gasteiger partial charge is 0.313 e.